The van der Waals surface area contributed by atoms with Crippen LogP contribution in [-0.2, 0) is 5.41 Å². The summed E-state index contributed by atoms with van der Waals surface area (Å²) in [5, 5.41) is 8.11. The summed E-state index contributed by atoms with van der Waals surface area (Å²) >= 11 is 1.57. The number of hydrogen-bond donors (Lipinski definition) is 1. The van der Waals surface area contributed by atoms with Crippen molar-refractivity contribution in [3.63, 3.8) is 0 Å². The lowest BCUT2D eigenvalue weighted by atomic mass is 9.87. The van der Waals surface area contributed by atoms with Gasteiger partial charge < -0.3 is 5.32 Å². The van der Waals surface area contributed by atoms with Crippen LogP contribution in [0.5, 0.6) is 0 Å². The van der Waals surface area contributed by atoms with E-state index in [9.17, 15) is 0 Å². The maximum absolute atomic E-state index is 4.43. The number of allylic oxidation sites excluding steroid dienone is 1. The Balaban J connectivity index is 2.32. The van der Waals surface area contributed by atoms with E-state index in [2.05, 4.69) is 48.7 Å². The first-order valence-electron chi connectivity index (χ1n) is 8.29. The lowest BCUT2D eigenvalue weighted by Crippen LogP contribution is -2.26. The topological polar surface area (TPSA) is 37.8 Å². The average molecular weight is 308 g/mol. The van der Waals surface area contributed by atoms with Crippen molar-refractivity contribution in [2.24, 2.45) is 0 Å². The summed E-state index contributed by atoms with van der Waals surface area (Å²) < 4.78 is 4.25. The third kappa shape index (κ3) is 4.36. The highest BCUT2D eigenvalue weighted by molar-refractivity contribution is 7.05. The minimum atomic E-state index is 0.0538. The van der Waals surface area contributed by atoms with Crippen molar-refractivity contribution in [3.8, 4) is 0 Å². The van der Waals surface area contributed by atoms with Gasteiger partial charge in [-0.1, -0.05) is 56.7 Å². The van der Waals surface area contributed by atoms with Crippen LogP contribution in [0.4, 0.5) is 0 Å². The lowest BCUT2D eigenvalue weighted by Gasteiger charge is -2.25. The molecule has 0 bridgehead atoms. The van der Waals surface area contributed by atoms with E-state index in [1.807, 2.05) is 0 Å². The molecule has 1 unspecified atom stereocenters. The summed E-state index contributed by atoms with van der Waals surface area (Å²) in [6, 6.07) is 0.308. The summed E-state index contributed by atoms with van der Waals surface area (Å²) in [6.07, 6.45) is 10.3. The fraction of sp³-hybridized carbons (Fsp3) is 0.765. The standard InChI is InChI=1S/C17H29N3S/c1-5-18-14(13-11-9-7-6-8-10-12-13)15-16(17(2,3)4)19-20-21-15/h11,14,18H,5-10,12H2,1-4H3. The molecule has 1 atom stereocenters. The number of aromatic nitrogens is 2. The van der Waals surface area contributed by atoms with Gasteiger partial charge >= 0.3 is 0 Å². The van der Waals surface area contributed by atoms with Crippen LogP contribution >= 0.6 is 11.5 Å². The Morgan fingerprint density at radius 2 is 2.00 bits per heavy atom. The minimum absolute atomic E-state index is 0.0538. The van der Waals surface area contributed by atoms with E-state index in [4.69, 9.17) is 0 Å². The van der Waals surface area contributed by atoms with Crippen molar-refractivity contribution in [1.82, 2.24) is 14.9 Å². The molecular formula is C17H29N3S. The van der Waals surface area contributed by atoms with Gasteiger partial charge in [0.25, 0.3) is 0 Å². The Hall–Kier alpha value is -0.740. The quantitative estimate of drug-likeness (QED) is 0.814. The zero-order valence-electron chi connectivity index (χ0n) is 13.9. The molecule has 1 heterocycles. The van der Waals surface area contributed by atoms with Crippen LogP contribution in [0.2, 0.25) is 0 Å². The van der Waals surface area contributed by atoms with Crippen molar-refractivity contribution in [3.05, 3.63) is 22.2 Å². The fourth-order valence-corrected chi connectivity index (χ4v) is 3.97. The first-order chi connectivity index (χ1) is 10.0. The molecule has 0 amide bonds. The van der Waals surface area contributed by atoms with Gasteiger partial charge in [0, 0.05) is 5.41 Å². The third-order valence-electron chi connectivity index (χ3n) is 4.09. The van der Waals surface area contributed by atoms with Gasteiger partial charge in [-0.3, -0.25) is 0 Å². The van der Waals surface area contributed by atoms with E-state index >= 15 is 0 Å². The smallest absolute Gasteiger partial charge is 0.0860 e. The molecule has 0 aliphatic heterocycles. The molecule has 0 fully saturated rings. The van der Waals surface area contributed by atoms with Crippen LogP contribution in [0.1, 0.15) is 82.8 Å². The van der Waals surface area contributed by atoms with Gasteiger partial charge in [0.05, 0.1) is 16.6 Å². The Morgan fingerprint density at radius 3 is 2.71 bits per heavy atom. The molecule has 1 aliphatic rings. The molecule has 21 heavy (non-hydrogen) atoms. The molecule has 0 saturated heterocycles. The third-order valence-corrected chi connectivity index (χ3v) is 4.88. The molecule has 0 radical (unpaired) electrons. The van der Waals surface area contributed by atoms with Gasteiger partial charge in [-0.2, -0.15) is 0 Å². The van der Waals surface area contributed by atoms with Crippen LogP contribution in [0.25, 0.3) is 0 Å². The number of nitrogens with zero attached hydrogens (tertiary/aromatic N) is 2. The maximum Gasteiger partial charge on any atom is 0.0860 e. The van der Waals surface area contributed by atoms with Gasteiger partial charge in [0.2, 0.25) is 0 Å². The van der Waals surface area contributed by atoms with E-state index in [0.717, 1.165) is 12.2 Å². The largest absolute Gasteiger partial charge is 0.306 e. The van der Waals surface area contributed by atoms with E-state index in [-0.39, 0.29) is 5.41 Å². The number of rotatable bonds is 4. The summed E-state index contributed by atoms with van der Waals surface area (Å²) in [5.41, 5.74) is 2.76. The van der Waals surface area contributed by atoms with E-state index < -0.39 is 0 Å². The van der Waals surface area contributed by atoms with Crippen LogP contribution in [0, 0.1) is 0 Å². The molecule has 0 aromatic carbocycles. The first kappa shape index (κ1) is 16.6. The SMILES string of the molecule is CCNC(C1=CCCCCCC1)c1snnc1C(C)(C)C. The molecule has 0 spiro atoms. The number of nitrogens with one attached hydrogen (secondary N) is 1. The highest BCUT2D eigenvalue weighted by atomic mass is 32.1. The Bertz CT molecular complexity index is 471. The predicted octanol–water partition coefficient (Wildman–Crippen LogP) is 4.77. The van der Waals surface area contributed by atoms with Crippen molar-refractivity contribution >= 4 is 11.5 Å². The Morgan fingerprint density at radius 1 is 1.24 bits per heavy atom. The lowest BCUT2D eigenvalue weighted by molar-refractivity contribution is 0.525. The predicted molar refractivity (Wildman–Crippen MR) is 90.8 cm³/mol. The van der Waals surface area contributed by atoms with Gasteiger partial charge in [-0.25, -0.2) is 0 Å². The molecule has 118 valence electrons. The van der Waals surface area contributed by atoms with E-state index in [1.54, 1.807) is 17.1 Å². The van der Waals surface area contributed by atoms with Crippen molar-refractivity contribution in [2.45, 2.75) is 77.7 Å². The van der Waals surface area contributed by atoms with Gasteiger partial charge in [0.15, 0.2) is 0 Å². The second-order valence-corrected chi connectivity index (χ2v) is 7.74. The van der Waals surface area contributed by atoms with Crippen LogP contribution in [0.3, 0.4) is 0 Å². The molecular weight excluding hydrogens is 278 g/mol. The summed E-state index contributed by atoms with van der Waals surface area (Å²) in [4.78, 5) is 1.32. The summed E-state index contributed by atoms with van der Waals surface area (Å²) in [5.74, 6) is 0. The molecule has 1 aromatic rings. The first-order valence-corrected chi connectivity index (χ1v) is 9.06. The molecule has 3 nitrogen and oxygen atoms in total. The average Bonchev–Trinajstić information content (AvgIpc) is 2.85. The fourth-order valence-electron chi connectivity index (χ4n) is 2.98. The normalized spacial score (nSPS) is 18.8. The second kappa shape index (κ2) is 7.50. The molecule has 1 aliphatic carbocycles. The Kier molecular flexibility index (Phi) is 5.94. The number of hydrogen-bond acceptors (Lipinski definition) is 4. The van der Waals surface area contributed by atoms with Gasteiger partial charge in [-0.05, 0) is 43.8 Å². The molecule has 1 aromatic heterocycles. The maximum atomic E-state index is 4.43. The highest BCUT2D eigenvalue weighted by Crippen LogP contribution is 2.36. The van der Waals surface area contributed by atoms with Gasteiger partial charge in [-0.15, -0.1) is 5.10 Å². The summed E-state index contributed by atoms with van der Waals surface area (Å²) in [6.45, 7) is 9.83. The molecule has 1 N–H and O–H groups in total. The monoisotopic (exact) mass is 307 g/mol. The van der Waals surface area contributed by atoms with Crippen LogP contribution < -0.4 is 5.32 Å². The zero-order chi connectivity index (χ0) is 15.3. The molecule has 0 saturated carbocycles. The number of likely N-dealkylation sites (N-methyl/N-ethyl adjacent to an activating group) is 1. The summed E-state index contributed by atoms with van der Waals surface area (Å²) in [7, 11) is 0. The van der Waals surface area contributed by atoms with Crippen molar-refractivity contribution < 1.29 is 0 Å². The highest BCUT2D eigenvalue weighted by Gasteiger charge is 2.28. The zero-order valence-corrected chi connectivity index (χ0v) is 14.7. The van der Waals surface area contributed by atoms with E-state index in [0.29, 0.717) is 6.04 Å². The minimum Gasteiger partial charge on any atom is -0.306 e. The van der Waals surface area contributed by atoms with Crippen molar-refractivity contribution in [2.75, 3.05) is 6.54 Å². The molecule has 4 heteroatoms. The van der Waals surface area contributed by atoms with Gasteiger partial charge in [0.1, 0.15) is 0 Å². The molecule has 2 rings (SSSR count). The van der Waals surface area contributed by atoms with Crippen molar-refractivity contribution in [1.29, 1.82) is 0 Å². The van der Waals surface area contributed by atoms with Crippen LogP contribution in [0.15, 0.2) is 11.6 Å². The Labute approximate surface area is 133 Å². The van der Waals surface area contributed by atoms with Crippen LogP contribution in [-0.4, -0.2) is 16.1 Å². The van der Waals surface area contributed by atoms with E-state index in [1.165, 1.54) is 43.4 Å². The second-order valence-electron chi connectivity index (χ2n) is 6.96.